The molecule has 4 rings (SSSR count). The van der Waals surface area contributed by atoms with Crippen LogP contribution in [-0.4, -0.2) is 66.8 Å². The zero-order valence-electron chi connectivity index (χ0n) is 22.4. The van der Waals surface area contributed by atoms with E-state index in [-0.39, 0.29) is 30.7 Å². The first-order valence-corrected chi connectivity index (χ1v) is 12.8. The number of nitrogens with zero attached hydrogens (tertiary/aromatic N) is 4. The van der Waals surface area contributed by atoms with Crippen molar-refractivity contribution in [3.63, 3.8) is 0 Å². The van der Waals surface area contributed by atoms with Gasteiger partial charge in [-0.2, -0.15) is 0 Å². The number of carbonyl (C=O) groups is 2. The van der Waals surface area contributed by atoms with Crippen molar-refractivity contribution < 1.29 is 18.5 Å². The van der Waals surface area contributed by atoms with Crippen molar-refractivity contribution in [3.8, 4) is 11.3 Å². The van der Waals surface area contributed by atoms with Crippen molar-refractivity contribution in [2.75, 3.05) is 44.7 Å². The van der Waals surface area contributed by atoms with Crippen LogP contribution in [0.25, 0.3) is 11.3 Å². The molecule has 2 N–H and O–H groups in total. The fraction of sp³-hybridized carbons (Fsp3) is 0.393. The van der Waals surface area contributed by atoms with E-state index in [1.807, 2.05) is 50.0 Å². The van der Waals surface area contributed by atoms with Crippen LogP contribution in [-0.2, 0) is 22.7 Å². The van der Waals surface area contributed by atoms with Gasteiger partial charge in [0.2, 0.25) is 5.91 Å². The van der Waals surface area contributed by atoms with Gasteiger partial charge in [-0.25, -0.2) is 9.40 Å². The molecule has 10 heteroatoms. The highest BCUT2D eigenvalue weighted by molar-refractivity contribution is 5.87. The fourth-order valence-electron chi connectivity index (χ4n) is 4.57. The Kier molecular flexibility index (Phi) is 8.75. The van der Waals surface area contributed by atoms with Gasteiger partial charge in [0, 0.05) is 50.5 Å². The SMILES string of the molecule is CCNCCNC(=O)CN(CC(=O)N(C)N1Cc2ccc(F)cc2C1)c1ccc(-c2cc(C)no2)cc1C. The molecule has 3 aromatic rings. The first-order chi connectivity index (χ1) is 18.2. The molecule has 2 heterocycles. The number of carbonyl (C=O) groups excluding carboxylic acids is 2. The third kappa shape index (κ3) is 6.56. The predicted molar refractivity (Wildman–Crippen MR) is 144 cm³/mol. The molecule has 2 aromatic carbocycles. The molecule has 0 aliphatic carbocycles. The van der Waals surface area contributed by atoms with Gasteiger partial charge in [0.1, 0.15) is 5.82 Å². The van der Waals surface area contributed by atoms with Crippen molar-refractivity contribution in [1.29, 1.82) is 0 Å². The largest absolute Gasteiger partial charge is 0.356 e. The van der Waals surface area contributed by atoms with E-state index in [0.717, 1.165) is 40.2 Å². The number of likely N-dealkylation sites (N-methyl/N-ethyl adjacent to an activating group) is 2. The summed E-state index contributed by atoms with van der Waals surface area (Å²) in [4.78, 5) is 28.0. The molecule has 0 radical (unpaired) electrons. The lowest BCUT2D eigenvalue weighted by molar-refractivity contribution is -0.145. The lowest BCUT2D eigenvalue weighted by Gasteiger charge is -2.32. The van der Waals surface area contributed by atoms with Gasteiger partial charge in [0.25, 0.3) is 5.91 Å². The number of nitrogens with one attached hydrogen (secondary N) is 2. The van der Waals surface area contributed by atoms with Crippen LogP contribution in [0.15, 0.2) is 47.0 Å². The second-order valence-corrected chi connectivity index (χ2v) is 9.55. The summed E-state index contributed by atoms with van der Waals surface area (Å²) in [6.07, 6.45) is 0. The van der Waals surface area contributed by atoms with Crippen LogP contribution in [0.5, 0.6) is 0 Å². The monoisotopic (exact) mass is 522 g/mol. The van der Waals surface area contributed by atoms with Crippen LogP contribution in [0.3, 0.4) is 0 Å². The van der Waals surface area contributed by atoms with E-state index in [4.69, 9.17) is 4.52 Å². The number of anilines is 1. The Balaban J connectivity index is 1.50. The summed E-state index contributed by atoms with van der Waals surface area (Å²) in [7, 11) is 1.71. The summed E-state index contributed by atoms with van der Waals surface area (Å²) in [5, 5.41) is 13.5. The fourth-order valence-corrected chi connectivity index (χ4v) is 4.57. The number of halogens is 1. The summed E-state index contributed by atoms with van der Waals surface area (Å²) in [6, 6.07) is 12.3. The number of aromatic nitrogens is 1. The lowest BCUT2D eigenvalue weighted by Crippen LogP contribution is -2.48. The molecule has 1 aromatic heterocycles. The van der Waals surface area contributed by atoms with Gasteiger partial charge < -0.3 is 20.1 Å². The maximum Gasteiger partial charge on any atom is 0.256 e. The van der Waals surface area contributed by atoms with Crippen molar-refractivity contribution in [3.05, 3.63) is 70.7 Å². The molecule has 2 amide bonds. The Hall–Kier alpha value is -3.76. The predicted octanol–water partition coefficient (Wildman–Crippen LogP) is 3.02. The molecular weight excluding hydrogens is 487 g/mol. The number of fused-ring (bicyclic) bond motifs is 1. The molecule has 0 spiro atoms. The Morgan fingerprint density at radius 1 is 1.05 bits per heavy atom. The number of aryl methyl sites for hydroxylation is 2. The van der Waals surface area contributed by atoms with E-state index >= 15 is 0 Å². The molecule has 38 heavy (non-hydrogen) atoms. The molecular formula is C28H35FN6O3. The number of benzene rings is 2. The van der Waals surface area contributed by atoms with Crippen LogP contribution in [0, 0.1) is 19.7 Å². The molecule has 0 unspecified atom stereocenters. The highest BCUT2D eigenvalue weighted by Crippen LogP contribution is 2.28. The Morgan fingerprint density at radius 3 is 2.55 bits per heavy atom. The van der Waals surface area contributed by atoms with Gasteiger partial charge >= 0.3 is 0 Å². The molecule has 1 aliphatic rings. The van der Waals surface area contributed by atoms with Crippen LogP contribution < -0.4 is 15.5 Å². The minimum absolute atomic E-state index is 0.0000608. The van der Waals surface area contributed by atoms with Gasteiger partial charge in [-0.1, -0.05) is 18.1 Å². The van der Waals surface area contributed by atoms with Gasteiger partial charge in [-0.05, 0) is 67.4 Å². The maximum atomic E-state index is 13.7. The van der Waals surface area contributed by atoms with Crippen molar-refractivity contribution in [1.82, 2.24) is 25.8 Å². The topological polar surface area (TPSA) is 93.9 Å². The first kappa shape index (κ1) is 27.3. The van der Waals surface area contributed by atoms with E-state index in [9.17, 15) is 14.0 Å². The molecule has 1 aliphatic heterocycles. The lowest BCUT2D eigenvalue weighted by atomic mass is 10.1. The molecule has 9 nitrogen and oxygen atoms in total. The zero-order chi connectivity index (χ0) is 27.2. The number of rotatable bonds is 11. The number of hydrazine groups is 1. The van der Waals surface area contributed by atoms with E-state index in [1.54, 1.807) is 23.0 Å². The average Bonchev–Trinajstić information content (AvgIpc) is 3.51. The minimum atomic E-state index is -0.287. The zero-order valence-corrected chi connectivity index (χ0v) is 22.4. The summed E-state index contributed by atoms with van der Waals surface area (Å²) < 4.78 is 19.1. The second-order valence-electron chi connectivity index (χ2n) is 9.55. The third-order valence-electron chi connectivity index (χ3n) is 6.64. The molecule has 0 atom stereocenters. The van der Waals surface area contributed by atoms with Crippen molar-refractivity contribution >= 4 is 17.5 Å². The molecule has 0 saturated heterocycles. The number of hydrogen-bond donors (Lipinski definition) is 2. The average molecular weight is 523 g/mol. The Labute approximate surface area is 222 Å². The molecule has 202 valence electrons. The minimum Gasteiger partial charge on any atom is -0.356 e. The van der Waals surface area contributed by atoms with E-state index < -0.39 is 0 Å². The van der Waals surface area contributed by atoms with Crippen LogP contribution in [0.2, 0.25) is 0 Å². The number of amides is 2. The van der Waals surface area contributed by atoms with E-state index in [1.165, 1.54) is 12.1 Å². The summed E-state index contributed by atoms with van der Waals surface area (Å²) >= 11 is 0. The summed E-state index contributed by atoms with van der Waals surface area (Å²) in [6.45, 7) is 8.81. The third-order valence-corrected chi connectivity index (χ3v) is 6.64. The standard InChI is InChI=1S/C28H35FN6O3/c1-5-30-10-11-31-27(36)17-34(25-9-7-21(12-19(25)2)26-13-20(3)32-38-26)18-28(37)33(4)35-15-22-6-8-24(29)14-23(22)16-35/h6-9,12-14,30H,5,10-11,15-18H2,1-4H3,(H,31,36). The number of hydrogen-bond acceptors (Lipinski definition) is 7. The van der Waals surface area contributed by atoms with Crippen molar-refractivity contribution in [2.24, 2.45) is 0 Å². The van der Waals surface area contributed by atoms with Crippen LogP contribution in [0.4, 0.5) is 10.1 Å². The van der Waals surface area contributed by atoms with Gasteiger partial charge in [-0.3, -0.25) is 14.6 Å². The molecule has 0 fully saturated rings. The maximum absolute atomic E-state index is 13.7. The van der Waals surface area contributed by atoms with E-state index in [0.29, 0.717) is 31.9 Å². The quantitative estimate of drug-likeness (QED) is 0.374. The van der Waals surface area contributed by atoms with Crippen molar-refractivity contribution in [2.45, 2.75) is 33.9 Å². The van der Waals surface area contributed by atoms with E-state index in [2.05, 4.69) is 15.8 Å². The summed E-state index contributed by atoms with van der Waals surface area (Å²) in [5.74, 6) is 0.0286. The van der Waals surface area contributed by atoms with Crippen LogP contribution in [0.1, 0.15) is 29.3 Å². The summed E-state index contributed by atoms with van der Waals surface area (Å²) in [5.41, 5.74) is 5.20. The van der Waals surface area contributed by atoms with Gasteiger partial charge in [0.05, 0.1) is 18.8 Å². The Morgan fingerprint density at radius 2 is 1.84 bits per heavy atom. The van der Waals surface area contributed by atoms with Gasteiger partial charge in [-0.15, -0.1) is 0 Å². The first-order valence-electron chi connectivity index (χ1n) is 12.8. The second kappa shape index (κ2) is 12.2. The molecule has 0 bridgehead atoms. The highest BCUT2D eigenvalue weighted by Gasteiger charge is 2.27. The molecule has 0 saturated carbocycles. The normalized spacial score (nSPS) is 12.9. The Bertz CT molecular complexity index is 1290. The highest BCUT2D eigenvalue weighted by atomic mass is 19.1. The van der Waals surface area contributed by atoms with Crippen LogP contribution >= 0.6 is 0 Å². The van der Waals surface area contributed by atoms with Gasteiger partial charge in [0.15, 0.2) is 5.76 Å². The smallest absolute Gasteiger partial charge is 0.256 e.